The topological polar surface area (TPSA) is 126 Å². The Balaban J connectivity index is 1.48. The normalized spacial score (nSPS) is 16.3. The standard InChI is InChI=1S/C24H34N4O5/c1-24(2,3)15-32-23(31)28-19(21(29)30)14-16-6-9-20-17(13-16)7-8-18(33-20)5-4-10-25-22-26-11-12-27-22/h6,9,11-13,18-19H,4-5,7-8,10,14-15H2,1-3H3,(H,28,31)(H,29,30)(H2,25,26,27). The van der Waals surface area contributed by atoms with Gasteiger partial charge in [0.15, 0.2) is 5.95 Å². The summed E-state index contributed by atoms with van der Waals surface area (Å²) >= 11 is 0. The van der Waals surface area contributed by atoms with Gasteiger partial charge in [-0.3, -0.25) is 0 Å². The van der Waals surface area contributed by atoms with Gasteiger partial charge < -0.3 is 30.2 Å². The van der Waals surface area contributed by atoms with Crippen LogP contribution >= 0.6 is 0 Å². The SMILES string of the molecule is CC(C)(C)COC(=O)NC(Cc1ccc2c(c1)CCC(CCCNc1ncc[nH]1)O2)C(=O)O. The molecule has 0 radical (unpaired) electrons. The van der Waals surface area contributed by atoms with Gasteiger partial charge in [-0.05, 0) is 48.3 Å². The number of nitrogens with one attached hydrogen (secondary N) is 3. The number of ether oxygens (including phenoxy) is 2. The molecule has 3 rings (SSSR count). The van der Waals surface area contributed by atoms with Crippen molar-refractivity contribution in [2.75, 3.05) is 18.5 Å². The first kappa shape index (κ1) is 24.4. The van der Waals surface area contributed by atoms with E-state index in [4.69, 9.17) is 9.47 Å². The molecule has 0 aliphatic carbocycles. The summed E-state index contributed by atoms with van der Waals surface area (Å²) in [4.78, 5) is 30.8. The van der Waals surface area contributed by atoms with Crippen LogP contribution in [-0.2, 0) is 22.4 Å². The molecule has 33 heavy (non-hydrogen) atoms. The highest BCUT2D eigenvalue weighted by atomic mass is 16.5. The van der Waals surface area contributed by atoms with Gasteiger partial charge in [-0.25, -0.2) is 14.6 Å². The number of aryl methyl sites for hydroxylation is 1. The Morgan fingerprint density at radius 3 is 2.88 bits per heavy atom. The highest BCUT2D eigenvalue weighted by molar-refractivity contribution is 5.80. The van der Waals surface area contributed by atoms with Crippen molar-refractivity contribution in [1.82, 2.24) is 15.3 Å². The van der Waals surface area contributed by atoms with Crippen LogP contribution < -0.4 is 15.4 Å². The number of amides is 1. The number of nitrogens with zero attached hydrogens (tertiary/aromatic N) is 1. The molecule has 1 aliphatic heterocycles. The molecule has 2 atom stereocenters. The van der Waals surface area contributed by atoms with E-state index in [0.29, 0.717) is 0 Å². The third-order valence-electron chi connectivity index (χ3n) is 5.31. The second-order valence-corrected chi connectivity index (χ2v) is 9.60. The lowest BCUT2D eigenvalue weighted by Gasteiger charge is -2.27. The average Bonchev–Trinajstić information content (AvgIpc) is 3.28. The van der Waals surface area contributed by atoms with Crippen molar-refractivity contribution < 1.29 is 24.2 Å². The van der Waals surface area contributed by atoms with Gasteiger partial charge in [0.1, 0.15) is 11.8 Å². The summed E-state index contributed by atoms with van der Waals surface area (Å²) in [6, 6.07) is 4.67. The first-order valence-electron chi connectivity index (χ1n) is 11.4. The summed E-state index contributed by atoms with van der Waals surface area (Å²) in [6.07, 6.45) is 6.81. The second kappa shape index (κ2) is 11.1. The average molecular weight is 459 g/mol. The van der Waals surface area contributed by atoms with E-state index in [1.54, 1.807) is 12.4 Å². The number of hydrogen-bond donors (Lipinski definition) is 4. The third-order valence-corrected chi connectivity index (χ3v) is 5.31. The Kier molecular flexibility index (Phi) is 8.19. The van der Waals surface area contributed by atoms with E-state index >= 15 is 0 Å². The molecule has 0 saturated heterocycles. The Bertz CT molecular complexity index is 923. The van der Waals surface area contributed by atoms with Gasteiger partial charge in [-0.2, -0.15) is 0 Å². The molecule has 4 N–H and O–H groups in total. The number of aliphatic carboxylic acids is 1. The summed E-state index contributed by atoms with van der Waals surface area (Å²) < 4.78 is 11.3. The van der Waals surface area contributed by atoms with E-state index in [-0.39, 0.29) is 24.5 Å². The second-order valence-electron chi connectivity index (χ2n) is 9.60. The fourth-order valence-corrected chi connectivity index (χ4v) is 3.63. The predicted molar refractivity (Wildman–Crippen MR) is 125 cm³/mol. The molecule has 0 fully saturated rings. The van der Waals surface area contributed by atoms with Crippen molar-refractivity contribution in [1.29, 1.82) is 0 Å². The van der Waals surface area contributed by atoms with E-state index in [1.165, 1.54) is 0 Å². The Morgan fingerprint density at radius 1 is 1.36 bits per heavy atom. The zero-order chi connectivity index (χ0) is 23.8. The lowest BCUT2D eigenvalue weighted by Crippen LogP contribution is -2.43. The zero-order valence-electron chi connectivity index (χ0n) is 19.5. The molecule has 1 aliphatic rings. The van der Waals surface area contributed by atoms with E-state index < -0.39 is 18.1 Å². The van der Waals surface area contributed by atoms with Crippen molar-refractivity contribution >= 4 is 18.0 Å². The zero-order valence-corrected chi connectivity index (χ0v) is 19.5. The minimum atomic E-state index is -1.10. The van der Waals surface area contributed by atoms with Crippen molar-refractivity contribution in [3.63, 3.8) is 0 Å². The number of aromatic nitrogens is 2. The van der Waals surface area contributed by atoms with Crippen LogP contribution in [0.25, 0.3) is 0 Å². The van der Waals surface area contributed by atoms with E-state index in [9.17, 15) is 14.7 Å². The van der Waals surface area contributed by atoms with Crippen molar-refractivity contribution in [3.05, 3.63) is 41.7 Å². The molecule has 2 unspecified atom stereocenters. The number of benzene rings is 1. The van der Waals surface area contributed by atoms with Gasteiger partial charge in [0.2, 0.25) is 0 Å². The third kappa shape index (κ3) is 8.00. The molecule has 2 heterocycles. The minimum Gasteiger partial charge on any atom is -0.490 e. The number of carbonyl (C=O) groups excluding carboxylic acids is 1. The van der Waals surface area contributed by atoms with Crippen LogP contribution in [0.15, 0.2) is 30.6 Å². The number of aromatic amines is 1. The Labute approximate surface area is 194 Å². The number of imidazole rings is 1. The molecule has 0 spiro atoms. The first-order valence-corrected chi connectivity index (χ1v) is 11.4. The van der Waals surface area contributed by atoms with Crippen LogP contribution in [-0.4, -0.2) is 52.4 Å². The Morgan fingerprint density at radius 2 is 2.18 bits per heavy atom. The molecule has 1 amide bonds. The summed E-state index contributed by atoms with van der Waals surface area (Å²) in [5, 5.41) is 15.2. The predicted octanol–water partition coefficient (Wildman–Crippen LogP) is 3.76. The van der Waals surface area contributed by atoms with Crippen LogP contribution in [0.1, 0.15) is 51.2 Å². The Hall–Kier alpha value is -3.23. The maximum Gasteiger partial charge on any atom is 0.407 e. The first-order chi connectivity index (χ1) is 15.7. The number of H-pyrrole nitrogens is 1. The van der Waals surface area contributed by atoms with Crippen molar-refractivity contribution in [3.8, 4) is 5.75 Å². The van der Waals surface area contributed by atoms with Gasteiger partial charge in [0.05, 0.1) is 12.7 Å². The molecular weight excluding hydrogens is 424 g/mol. The molecule has 0 saturated carbocycles. The maximum absolute atomic E-state index is 12.0. The van der Waals surface area contributed by atoms with Crippen LogP contribution in [0.3, 0.4) is 0 Å². The number of rotatable bonds is 10. The number of fused-ring (bicyclic) bond motifs is 1. The van der Waals surface area contributed by atoms with Crippen LogP contribution in [0.4, 0.5) is 10.7 Å². The quantitative estimate of drug-likeness (QED) is 0.399. The van der Waals surface area contributed by atoms with Crippen molar-refractivity contribution in [2.24, 2.45) is 5.41 Å². The van der Waals surface area contributed by atoms with E-state index in [0.717, 1.165) is 55.1 Å². The van der Waals surface area contributed by atoms with Crippen LogP contribution in [0.5, 0.6) is 5.75 Å². The molecule has 9 nitrogen and oxygen atoms in total. The van der Waals surface area contributed by atoms with E-state index in [2.05, 4.69) is 20.6 Å². The van der Waals surface area contributed by atoms with Gasteiger partial charge in [0, 0.05) is 25.4 Å². The lowest BCUT2D eigenvalue weighted by atomic mass is 9.96. The summed E-state index contributed by atoms with van der Waals surface area (Å²) in [5.41, 5.74) is 1.71. The van der Waals surface area contributed by atoms with E-state index in [1.807, 2.05) is 39.0 Å². The summed E-state index contributed by atoms with van der Waals surface area (Å²) in [7, 11) is 0. The number of alkyl carbamates (subject to hydrolysis) is 1. The fraction of sp³-hybridized carbons (Fsp3) is 0.542. The molecule has 2 aromatic rings. The number of carboxylic acids is 1. The van der Waals surface area contributed by atoms with Crippen LogP contribution in [0.2, 0.25) is 0 Å². The maximum atomic E-state index is 12.0. The van der Waals surface area contributed by atoms with Gasteiger partial charge in [0.25, 0.3) is 0 Å². The van der Waals surface area contributed by atoms with Gasteiger partial charge >= 0.3 is 12.1 Å². The summed E-state index contributed by atoms with van der Waals surface area (Å²) in [5.74, 6) is 0.521. The largest absolute Gasteiger partial charge is 0.490 e. The fourth-order valence-electron chi connectivity index (χ4n) is 3.63. The molecule has 0 bridgehead atoms. The monoisotopic (exact) mass is 458 g/mol. The van der Waals surface area contributed by atoms with Crippen LogP contribution in [0, 0.1) is 5.41 Å². The van der Waals surface area contributed by atoms with Gasteiger partial charge in [-0.15, -0.1) is 0 Å². The van der Waals surface area contributed by atoms with Gasteiger partial charge in [-0.1, -0.05) is 32.9 Å². The molecule has 180 valence electrons. The van der Waals surface area contributed by atoms with Crippen molar-refractivity contribution in [2.45, 2.75) is 65.0 Å². The molecule has 1 aromatic heterocycles. The molecule has 1 aromatic carbocycles. The minimum absolute atomic E-state index is 0.160. The molecule has 9 heteroatoms. The number of carbonyl (C=O) groups is 2. The number of anilines is 1. The number of hydrogen-bond acceptors (Lipinski definition) is 6. The highest BCUT2D eigenvalue weighted by Crippen LogP contribution is 2.30. The lowest BCUT2D eigenvalue weighted by molar-refractivity contribution is -0.139. The highest BCUT2D eigenvalue weighted by Gasteiger charge is 2.24. The molecular formula is C24H34N4O5. The smallest absolute Gasteiger partial charge is 0.407 e. The number of carboxylic acid groups (broad SMARTS) is 1. The summed E-state index contributed by atoms with van der Waals surface area (Å²) in [6.45, 7) is 6.84.